The number of ether oxygens (including phenoxy) is 1. The van der Waals surface area contributed by atoms with Gasteiger partial charge in [0.25, 0.3) is 0 Å². The summed E-state index contributed by atoms with van der Waals surface area (Å²) in [6.07, 6.45) is 3.30. The highest BCUT2D eigenvalue weighted by Gasteiger charge is 2.24. The Morgan fingerprint density at radius 1 is 1.05 bits per heavy atom. The molecule has 0 saturated heterocycles. The maximum Gasteiger partial charge on any atom is 0.232 e. The SMILES string of the molecule is c1ccc(Cc2nnc3ccc(OC4CC4)nn23)cc1. The molecule has 100 valence electrons. The van der Waals surface area contributed by atoms with Gasteiger partial charge in [-0.05, 0) is 24.5 Å². The van der Waals surface area contributed by atoms with E-state index in [1.165, 1.54) is 5.56 Å². The number of nitrogens with zero attached hydrogens (tertiary/aromatic N) is 4. The van der Waals surface area contributed by atoms with Crippen molar-refractivity contribution < 1.29 is 4.74 Å². The van der Waals surface area contributed by atoms with Gasteiger partial charge in [-0.1, -0.05) is 30.3 Å². The predicted molar refractivity (Wildman–Crippen MR) is 73.7 cm³/mol. The highest BCUT2D eigenvalue weighted by atomic mass is 16.5. The van der Waals surface area contributed by atoms with Crippen molar-refractivity contribution in [3.8, 4) is 5.88 Å². The molecule has 1 saturated carbocycles. The van der Waals surface area contributed by atoms with Gasteiger partial charge >= 0.3 is 0 Å². The molecule has 5 heteroatoms. The van der Waals surface area contributed by atoms with Crippen molar-refractivity contribution in [2.45, 2.75) is 25.4 Å². The van der Waals surface area contributed by atoms with E-state index in [0.717, 1.165) is 24.3 Å². The minimum atomic E-state index is 0.342. The van der Waals surface area contributed by atoms with E-state index in [9.17, 15) is 0 Å². The molecular weight excluding hydrogens is 252 g/mol. The minimum Gasteiger partial charge on any atom is -0.473 e. The Balaban J connectivity index is 1.67. The Labute approximate surface area is 116 Å². The summed E-state index contributed by atoms with van der Waals surface area (Å²) < 4.78 is 7.49. The van der Waals surface area contributed by atoms with Gasteiger partial charge in [0.15, 0.2) is 11.5 Å². The summed E-state index contributed by atoms with van der Waals surface area (Å²) in [4.78, 5) is 0. The highest BCUT2D eigenvalue weighted by molar-refractivity contribution is 5.38. The number of hydrogen-bond acceptors (Lipinski definition) is 4. The summed E-state index contributed by atoms with van der Waals surface area (Å²) in [5.41, 5.74) is 1.94. The van der Waals surface area contributed by atoms with Gasteiger partial charge in [0.1, 0.15) is 6.10 Å². The Bertz CT molecular complexity index is 734. The standard InChI is InChI=1S/C15H14N4O/c1-2-4-11(5-3-1)10-14-17-16-13-8-9-15(18-19(13)14)20-12-6-7-12/h1-5,8-9,12H,6-7,10H2. The number of benzene rings is 1. The summed E-state index contributed by atoms with van der Waals surface area (Å²) >= 11 is 0. The zero-order valence-electron chi connectivity index (χ0n) is 10.9. The van der Waals surface area contributed by atoms with Crippen LogP contribution in [0.15, 0.2) is 42.5 Å². The minimum absolute atomic E-state index is 0.342. The van der Waals surface area contributed by atoms with E-state index in [1.807, 2.05) is 30.3 Å². The first-order chi connectivity index (χ1) is 9.88. The van der Waals surface area contributed by atoms with E-state index >= 15 is 0 Å². The molecule has 1 fully saturated rings. The second-order valence-electron chi connectivity index (χ2n) is 5.04. The molecule has 20 heavy (non-hydrogen) atoms. The summed E-state index contributed by atoms with van der Waals surface area (Å²) in [5, 5.41) is 12.8. The number of fused-ring (bicyclic) bond motifs is 1. The van der Waals surface area contributed by atoms with Gasteiger partial charge in [0, 0.05) is 12.5 Å². The van der Waals surface area contributed by atoms with Crippen molar-refractivity contribution in [2.24, 2.45) is 0 Å². The third-order valence-corrected chi connectivity index (χ3v) is 3.32. The molecule has 0 radical (unpaired) electrons. The van der Waals surface area contributed by atoms with E-state index < -0.39 is 0 Å². The van der Waals surface area contributed by atoms with Crippen LogP contribution < -0.4 is 4.74 Å². The maximum atomic E-state index is 5.72. The Hall–Kier alpha value is -2.43. The fraction of sp³-hybridized carbons (Fsp3) is 0.267. The maximum absolute atomic E-state index is 5.72. The van der Waals surface area contributed by atoms with Crippen LogP contribution in [-0.4, -0.2) is 25.9 Å². The first kappa shape index (κ1) is 11.4. The van der Waals surface area contributed by atoms with Crippen LogP contribution in [0.5, 0.6) is 5.88 Å². The molecule has 1 aliphatic rings. The van der Waals surface area contributed by atoms with Crippen molar-refractivity contribution >= 4 is 5.65 Å². The van der Waals surface area contributed by atoms with Crippen molar-refractivity contribution in [3.63, 3.8) is 0 Å². The average molecular weight is 266 g/mol. The Kier molecular flexibility index (Phi) is 2.62. The lowest BCUT2D eigenvalue weighted by Crippen LogP contribution is -2.04. The van der Waals surface area contributed by atoms with Crippen LogP contribution in [0.4, 0.5) is 0 Å². The second-order valence-corrected chi connectivity index (χ2v) is 5.04. The molecule has 1 aliphatic carbocycles. The van der Waals surface area contributed by atoms with Gasteiger partial charge in [0.2, 0.25) is 5.88 Å². The van der Waals surface area contributed by atoms with E-state index in [2.05, 4.69) is 27.4 Å². The summed E-state index contributed by atoms with van der Waals surface area (Å²) in [6, 6.07) is 13.9. The molecule has 4 rings (SSSR count). The Morgan fingerprint density at radius 2 is 1.90 bits per heavy atom. The molecule has 2 aromatic heterocycles. The first-order valence-corrected chi connectivity index (χ1v) is 6.80. The first-order valence-electron chi connectivity index (χ1n) is 6.80. The molecule has 5 nitrogen and oxygen atoms in total. The average Bonchev–Trinajstić information content (AvgIpc) is 3.21. The molecule has 1 aromatic carbocycles. The number of aromatic nitrogens is 4. The fourth-order valence-electron chi connectivity index (χ4n) is 2.12. The molecule has 0 unspecified atom stereocenters. The molecule has 0 aliphatic heterocycles. The lowest BCUT2D eigenvalue weighted by Gasteiger charge is -2.04. The molecule has 3 aromatic rings. The smallest absolute Gasteiger partial charge is 0.232 e. The molecule has 0 spiro atoms. The van der Waals surface area contributed by atoms with Crippen molar-refractivity contribution in [1.29, 1.82) is 0 Å². The normalized spacial score (nSPS) is 14.6. The van der Waals surface area contributed by atoms with Gasteiger partial charge < -0.3 is 4.74 Å². The molecule has 0 bridgehead atoms. The predicted octanol–water partition coefficient (Wildman–Crippen LogP) is 2.26. The topological polar surface area (TPSA) is 52.3 Å². The number of hydrogen-bond donors (Lipinski definition) is 0. The lowest BCUT2D eigenvalue weighted by molar-refractivity contribution is 0.286. The van der Waals surface area contributed by atoms with Crippen molar-refractivity contribution in [1.82, 2.24) is 19.8 Å². The third kappa shape index (κ3) is 2.22. The zero-order chi connectivity index (χ0) is 13.4. The zero-order valence-corrected chi connectivity index (χ0v) is 10.9. The van der Waals surface area contributed by atoms with E-state index in [0.29, 0.717) is 18.4 Å². The molecule has 0 atom stereocenters. The fourth-order valence-corrected chi connectivity index (χ4v) is 2.12. The molecule has 0 amide bonds. The largest absolute Gasteiger partial charge is 0.473 e. The lowest BCUT2D eigenvalue weighted by atomic mass is 10.1. The Morgan fingerprint density at radius 3 is 2.70 bits per heavy atom. The molecular formula is C15H14N4O. The van der Waals surface area contributed by atoms with Crippen LogP contribution in [0.25, 0.3) is 5.65 Å². The van der Waals surface area contributed by atoms with Crippen molar-refractivity contribution in [2.75, 3.05) is 0 Å². The quantitative estimate of drug-likeness (QED) is 0.727. The van der Waals surface area contributed by atoms with Gasteiger partial charge in [0.05, 0.1) is 0 Å². The van der Waals surface area contributed by atoms with E-state index in [1.54, 1.807) is 4.52 Å². The summed E-state index contributed by atoms with van der Waals surface area (Å²) in [6.45, 7) is 0. The van der Waals surface area contributed by atoms with Crippen LogP contribution in [0.1, 0.15) is 24.2 Å². The van der Waals surface area contributed by atoms with Crippen LogP contribution in [-0.2, 0) is 6.42 Å². The number of rotatable bonds is 4. The third-order valence-electron chi connectivity index (χ3n) is 3.32. The van der Waals surface area contributed by atoms with Crippen LogP contribution in [0.2, 0.25) is 0 Å². The summed E-state index contributed by atoms with van der Waals surface area (Å²) in [5.74, 6) is 1.47. The van der Waals surface area contributed by atoms with E-state index in [4.69, 9.17) is 4.74 Å². The van der Waals surface area contributed by atoms with Crippen LogP contribution in [0.3, 0.4) is 0 Å². The van der Waals surface area contributed by atoms with Crippen LogP contribution >= 0.6 is 0 Å². The molecule has 2 heterocycles. The summed E-state index contributed by atoms with van der Waals surface area (Å²) in [7, 11) is 0. The van der Waals surface area contributed by atoms with Crippen molar-refractivity contribution in [3.05, 3.63) is 53.9 Å². The second kappa shape index (κ2) is 4.59. The van der Waals surface area contributed by atoms with Crippen LogP contribution in [0, 0.1) is 0 Å². The van der Waals surface area contributed by atoms with Gasteiger partial charge in [-0.15, -0.1) is 15.3 Å². The monoisotopic (exact) mass is 266 g/mol. The van der Waals surface area contributed by atoms with Gasteiger partial charge in [-0.2, -0.15) is 4.52 Å². The van der Waals surface area contributed by atoms with Gasteiger partial charge in [-0.3, -0.25) is 0 Å². The molecule has 0 N–H and O–H groups in total. The highest BCUT2D eigenvalue weighted by Crippen LogP contribution is 2.25. The van der Waals surface area contributed by atoms with Gasteiger partial charge in [-0.25, -0.2) is 0 Å². The van der Waals surface area contributed by atoms with E-state index in [-0.39, 0.29) is 0 Å².